The highest BCUT2D eigenvalue weighted by Crippen LogP contribution is 2.14. The van der Waals surface area contributed by atoms with Crippen LogP contribution in [0.1, 0.15) is 19.8 Å². The average Bonchev–Trinajstić information content (AvgIpc) is 2.18. The van der Waals surface area contributed by atoms with E-state index in [0.29, 0.717) is 5.92 Å². The Bertz CT molecular complexity index is 85.0. The number of hydrogen-bond acceptors (Lipinski definition) is 2. The third-order valence-electron chi connectivity index (χ3n) is 1.96. The van der Waals surface area contributed by atoms with Crippen LogP contribution in [0, 0.1) is 5.92 Å². The van der Waals surface area contributed by atoms with E-state index < -0.39 is 0 Å². The molecular weight excluding hydrogens is 114 g/mol. The fourth-order valence-electron chi connectivity index (χ4n) is 1.38. The van der Waals surface area contributed by atoms with Crippen molar-refractivity contribution in [3.05, 3.63) is 0 Å². The fraction of sp³-hybridized carbons (Fsp3) is 1.00. The van der Waals surface area contributed by atoms with Gasteiger partial charge < -0.3 is 10.4 Å². The zero-order valence-electron chi connectivity index (χ0n) is 5.93. The van der Waals surface area contributed by atoms with Gasteiger partial charge in [0.1, 0.15) is 0 Å². The molecule has 1 aliphatic rings. The van der Waals surface area contributed by atoms with Crippen molar-refractivity contribution in [1.29, 1.82) is 0 Å². The Balaban J connectivity index is 2.22. The van der Waals surface area contributed by atoms with Crippen molar-refractivity contribution in [2.45, 2.75) is 25.9 Å². The van der Waals surface area contributed by atoms with Gasteiger partial charge in [-0.2, -0.15) is 0 Å². The van der Waals surface area contributed by atoms with E-state index in [4.69, 9.17) is 0 Å². The second kappa shape index (κ2) is 3.18. The summed E-state index contributed by atoms with van der Waals surface area (Å²) in [6.45, 7) is 3.96. The molecule has 9 heavy (non-hydrogen) atoms. The second-order valence-corrected chi connectivity index (χ2v) is 2.77. The summed E-state index contributed by atoms with van der Waals surface area (Å²) >= 11 is 0. The van der Waals surface area contributed by atoms with E-state index in [1.165, 1.54) is 6.42 Å². The molecule has 0 aliphatic carbocycles. The molecule has 1 aliphatic heterocycles. The van der Waals surface area contributed by atoms with Crippen molar-refractivity contribution < 1.29 is 5.11 Å². The van der Waals surface area contributed by atoms with E-state index in [9.17, 15) is 5.11 Å². The van der Waals surface area contributed by atoms with Gasteiger partial charge in [-0.3, -0.25) is 0 Å². The summed E-state index contributed by atoms with van der Waals surface area (Å²) in [4.78, 5) is 0. The third-order valence-corrected chi connectivity index (χ3v) is 1.96. The molecule has 1 heterocycles. The molecule has 0 radical (unpaired) electrons. The molecule has 2 atom stereocenters. The molecule has 2 nitrogen and oxygen atoms in total. The van der Waals surface area contributed by atoms with Crippen LogP contribution >= 0.6 is 0 Å². The summed E-state index contributed by atoms with van der Waals surface area (Å²) in [7, 11) is 0. The molecule has 1 saturated heterocycles. The summed E-state index contributed by atoms with van der Waals surface area (Å²) in [6, 6.07) is 0. The molecule has 54 valence electrons. The number of aliphatic hydroxyl groups is 1. The zero-order chi connectivity index (χ0) is 6.69. The summed E-state index contributed by atoms with van der Waals surface area (Å²) < 4.78 is 0. The lowest BCUT2D eigenvalue weighted by Crippen LogP contribution is -2.17. The van der Waals surface area contributed by atoms with Crippen LogP contribution in [-0.2, 0) is 0 Å². The standard InChI is InChI=1S/C7H15NO/c1-2-3-6-4-8-5-7(6)9/h6-9H,2-5H2,1H3/t6-,7-/m1/s1. The molecule has 1 rings (SSSR count). The Hall–Kier alpha value is -0.0800. The summed E-state index contributed by atoms with van der Waals surface area (Å²) in [5, 5.41) is 12.4. The van der Waals surface area contributed by atoms with E-state index in [0.717, 1.165) is 19.5 Å². The van der Waals surface area contributed by atoms with Crippen LogP contribution in [0.2, 0.25) is 0 Å². The van der Waals surface area contributed by atoms with E-state index in [1.807, 2.05) is 0 Å². The molecule has 0 saturated carbocycles. The first kappa shape index (κ1) is 7.03. The molecule has 0 spiro atoms. The van der Waals surface area contributed by atoms with E-state index in [2.05, 4.69) is 12.2 Å². The minimum absolute atomic E-state index is 0.0788. The predicted molar refractivity (Wildman–Crippen MR) is 37.3 cm³/mol. The Morgan fingerprint density at radius 3 is 2.78 bits per heavy atom. The monoisotopic (exact) mass is 129 g/mol. The first-order valence-corrected chi connectivity index (χ1v) is 3.73. The van der Waals surface area contributed by atoms with Gasteiger partial charge in [0.25, 0.3) is 0 Å². The lowest BCUT2D eigenvalue weighted by atomic mass is 10.0. The molecule has 0 amide bonds. The molecule has 2 heteroatoms. The lowest BCUT2D eigenvalue weighted by Gasteiger charge is -2.10. The highest BCUT2D eigenvalue weighted by molar-refractivity contribution is 4.79. The molecule has 0 aromatic rings. The number of hydrogen-bond donors (Lipinski definition) is 2. The average molecular weight is 129 g/mol. The van der Waals surface area contributed by atoms with Crippen LogP contribution < -0.4 is 5.32 Å². The van der Waals surface area contributed by atoms with Crippen LogP contribution in [0.25, 0.3) is 0 Å². The fourth-order valence-corrected chi connectivity index (χ4v) is 1.38. The molecule has 0 aromatic heterocycles. The number of rotatable bonds is 2. The van der Waals surface area contributed by atoms with Crippen LogP contribution in [0.15, 0.2) is 0 Å². The molecule has 2 N–H and O–H groups in total. The van der Waals surface area contributed by atoms with Gasteiger partial charge in [0.15, 0.2) is 0 Å². The lowest BCUT2D eigenvalue weighted by molar-refractivity contribution is 0.142. The molecule has 0 aromatic carbocycles. The minimum Gasteiger partial charge on any atom is -0.391 e. The Morgan fingerprint density at radius 1 is 1.56 bits per heavy atom. The van der Waals surface area contributed by atoms with Crippen molar-refractivity contribution in [2.24, 2.45) is 5.92 Å². The van der Waals surface area contributed by atoms with Gasteiger partial charge >= 0.3 is 0 Å². The topological polar surface area (TPSA) is 32.3 Å². The molecular formula is C7H15NO. The van der Waals surface area contributed by atoms with Gasteiger partial charge in [-0.15, -0.1) is 0 Å². The first-order chi connectivity index (χ1) is 4.34. The molecule has 0 unspecified atom stereocenters. The van der Waals surface area contributed by atoms with Gasteiger partial charge in [0.2, 0.25) is 0 Å². The Labute approximate surface area is 56.3 Å². The Morgan fingerprint density at radius 2 is 2.33 bits per heavy atom. The van der Waals surface area contributed by atoms with E-state index >= 15 is 0 Å². The van der Waals surface area contributed by atoms with Gasteiger partial charge in [-0.1, -0.05) is 13.3 Å². The second-order valence-electron chi connectivity index (χ2n) is 2.77. The molecule has 1 fully saturated rings. The van der Waals surface area contributed by atoms with Crippen molar-refractivity contribution >= 4 is 0 Å². The predicted octanol–water partition coefficient (Wildman–Crippen LogP) is 0.367. The minimum atomic E-state index is -0.0788. The van der Waals surface area contributed by atoms with Crippen molar-refractivity contribution in [2.75, 3.05) is 13.1 Å². The quantitative estimate of drug-likeness (QED) is 0.564. The summed E-state index contributed by atoms with van der Waals surface area (Å²) in [5.41, 5.74) is 0. The largest absolute Gasteiger partial charge is 0.391 e. The van der Waals surface area contributed by atoms with Gasteiger partial charge in [0.05, 0.1) is 6.10 Å². The SMILES string of the molecule is CCC[C@@H]1CNC[C@H]1O. The van der Waals surface area contributed by atoms with Crippen molar-refractivity contribution in [1.82, 2.24) is 5.32 Å². The summed E-state index contributed by atoms with van der Waals surface area (Å²) in [6.07, 6.45) is 2.27. The highest BCUT2D eigenvalue weighted by atomic mass is 16.3. The highest BCUT2D eigenvalue weighted by Gasteiger charge is 2.23. The maximum Gasteiger partial charge on any atom is 0.0704 e. The number of nitrogens with one attached hydrogen (secondary N) is 1. The maximum atomic E-state index is 9.26. The van der Waals surface area contributed by atoms with Gasteiger partial charge in [-0.05, 0) is 12.3 Å². The maximum absolute atomic E-state index is 9.26. The number of aliphatic hydroxyl groups excluding tert-OH is 1. The molecule has 0 bridgehead atoms. The van der Waals surface area contributed by atoms with Gasteiger partial charge in [-0.25, -0.2) is 0 Å². The van der Waals surface area contributed by atoms with Crippen molar-refractivity contribution in [3.63, 3.8) is 0 Å². The van der Waals surface area contributed by atoms with Crippen LogP contribution in [0.4, 0.5) is 0 Å². The van der Waals surface area contributed by atoms with Crippen molar-refractivity contribution in [3.8, 4) is 0 Å². The van der Waals surface area contributed by atoms with Crippen LogP contribution in [0.5, 0.6) is 0 Å². The van der Waals surface area contributed by atoms with Crippen LogP contribution in [-0.4, -0.2) is 24.3 Å². The van der Waals surface area contributed by atoms with E-state index in [-0.39, 0.29) is 6.10 Å². The summed E-state index contributed by atoms with van der Waals surface area (Å²) in [5.74, 6) is 0.523. The Kier molecular flexibility index (Phi) is 2.49. The van der Waals surface area contributed by atoms with E-state index in [1.54, 1.807) is 0 Å². The van der Waals surface area contributed by atoms with Gasteiger partial charge in [0, 0.05) is 13.1 Å². The first-order valence-electron chi connectivity index (χ1n) is 3.73. The third kappa shape index (κ3) is 1.66. The van der Waals surface area contributed by atoms with Crippen LogP contribution in [0.3, 0.4) is 0 Å². The number of β-amino-alcohol motifs (C(OH)–C–C–N with tert-alkyl or cyclic N) is 1. The normalized spacial score (nSPS) is 35.3. The smallest absolute Gasteiger partial charge is 0.0704 e. The zero-order valence-corrected chi connectivity index (χ0v) is 5.93.